The van der Waals surface area contributed by atoms with E-state index < -0.39 is 71.3 Å². The van der Waals surface area contributed by atoms with Crippen LogP contribution in [0.1, 0.15) is 85.3 Å². The van der Waals surface area contributed by atoms with Gasteiger partial charge in [0.25, 0.3) is 5.92 Å². The molecule has 1 saturated heterocycles. The number of amides is 2. The molecule has 2 aromatic rings. The van der Waals surface area contributed by atoms with Gasteiger partial charge in [-0.05, 0) is 74.3 Å². The highest BCUT2D eigenvalue weighted by Gasteiger charge is 2.55. The number of aromatic nitrogens is 2. The Labute approximate surface area is 267 Å². The van der Waals surface area contributed by atoms with Crippen molar-refractivity contribution < 1.29 is 37.0 Å². The number of benzene rings is 1. The third kappa shape index (κ3) is 6.15. The molecule has 46 heavy (non-hydrogen) atoms. The molecule has 2 aliphatic heterocycles. The van der Waals surface area contributed by atoms with E-state index in [0.717, 1.165) is 25.0 Å². The summed E-state index contributed by atoms with van der Waals surface area (Å²) in [5, 5.41) is 2.82. The van der Waals surface area contributed by atoms with Gasteiger partial charge in [0.1, 0.15) is 24.1 Å². The van der Waals surface area contributed by atoms with E-state index in [1.165, 1.54) is 17.9 Å². The summed E-state index contributed by atoms with van der Waals surface area (Å²) < 4.78 is 58.4. The Hall–Kier alpha value is -3.44. The number of hydrogen-bond acceptors (Lipinski definition) is 7. The Morgan fingerprint density at radius 3 is 2.52 bits per heavy atom. The molecule has 2 unspecified atom stereocenters. The predicted molar refractivity (Wildman–Crippen MR) is 163 cm³/mol. The van der Waals surface area contributed by atoms with Crippen LogP contribution in [0.3, 0.4) is 0 Å². The lowest BCUT2D eigenvalue weighted by Crippen LogP contribution is -2.57. The number of fused-ring (bicyclic) bond motifs is 7. The lowest BCUT2D eigenvalue weighted by molar-refractivity contribution is -0.141. The number of rotatable bonds is 2. The topological polar surface area (TPSA) is 111 Å². The van der Waals surface area contributed by atoms with Gasteiger partial charge >= 0.3 is 6.09 Å². The zero-order chi connectivity index (χ0) is 33.1. The van der Waals surface area contributed by atoms with Crippen molar-refractivity contribution in [1.82, 2.24) is 20.2 Å². The normalized spacial score (nSPS) is 33.1. The lowest BCUT2D eigenvalue weighted by Gasteiger charge is -2.36. The largest absolute Gasteiger partial charge is 0.471 e. The summed E-state index contributed by atoms with van der Waals surface area (Å²) in [4.78, 5) is 50.6. The molecule has 8 atom stereocenters. The molecule has 1 N–H and O–H groups in total. The molecule has 2 bridgehead atoms. The SMILES string of the molecule is CC[C@@H]1[C@@H]2CN(C(=O)[C@H](C(C)(C)C)NC(=O)O[C@@H]3CC4CC4[C@H]3CCCCC(F)(F)c3nc4ccc(F)cc4nc3O2)[C@@H]1C(C)=O. The number of ether oxygens (including phenoxy) is 2. The first-order valence-electron chi connectivity index (χ1n) is 16.5. The minimum atomic E-state index is -3.42. The Balaban J connectivity index is 1.42. The fraction of sp³-hybridized carbons (Fsp3) is 0.676. The third-order valence-corrected chi connectivity index (χ3v) is 10.4. The maximum Gasteiger partial charge on any atom is 0.408 e. The van der Waals surface area contributed by atoms with Gasteiger partial charge < -0.3 is 19.7 Å². The molecule has 250 valence electrons. The summed E-state index contributed by atoms with van der Waals surface area (Å²) >= 11 is 0. The molecule has 2 aliphatic carbocycles. The third-order valence-electron chi connectivity index (χ3n) is 10.4. The van der Waals surface area contributed by atoms with E-state index in [2.05, 4.69) is 15.3 Å². The highest BCUT2D eigenvalue weighted by Crippen LogP contribution is 2.58. The summed E-state index contributed by atoms with van der Waals surface area (Å²) in [5.41, 5.74) is -1.23. The second kappa shape index (κ2) is 12.0. The molecule has 3 heterocycles. The molecular weight excluding hydrogens is 601 g/mol. The van der Waals surface area contributed by atoms with Crippen molar-refractivity contribution in [1.29, 1.82) is 0 Å². The van der Waals surface area contributed by atoms with Crippen molar-refractivity contribution in [3.63, 3.8) is 0 Å². The summed E-state index contributed by atoms with van der Waals surface area (Å²) in [6.45, 7) is 8.56. The molecule has 1 aromatic carbocycles. The number of ketones is 1. The number of Topliss-reactive ketones (excluding diaryl/α,β-unsaturated/α-hetero) is 1. The average molecular weight is 645 g/mol. The van der Waals surface area contributed by atoms with Crippen LogP contribution in [0.5, 0.6) is 5.88 Å². The number of hydrogen-bond donors (Lipinski definition) is 1. The van der Waals surface area contributed by atoms with Crippen molar-refractivity contribution in [3.8, 4) is 5.88 Å². The van der Waals surface area contributed by atoms with E-state index in [1.54, 1.807) is 0 Å². The Morgan fingerprint density at radius 2 is 1.83 bits per heavy atom. The zero-order valence-electron chi connectivity index (χ0n) is 27.0. The molecule has 4 aliphatic rings. The van der Waals surface area contributed by atoms with Crippen LogP contribution in [-0.4, -0.2) is 63.5 Å². The molecule has 2 amide bonds. The number of alkyl carbamates (subject to hydrolysis) is 1. The number of nitrogens with one attached hydrogen (secondary N) is 1. The first kappa shape index (κ1) is 32.5. The van der Waals surface area contributed by atoms with E-state index in [4.69, 9.17) is 9.47 Å². The first-order chi connectivity index (χ1) is 21.7. The molecule has 2 saturated carbocycles. The minimum absolute atomic E-state index is 0.0561. The molecule has 3 fully saturated rings. The predicted octanol–water partition coefficient (Wildman–Crippen LogP) is 6.17. The van der Waals surface area contributed by atoms with E-state index in [9.17, 15) is 18.8 Å². The average Bonchev–Trinajstić information content (AvgIpc) is 3.50. The van der Waals surface area contributed by atoms with Crippen LogP contribution in [-0.2, 0) is 20.2 Å². The number of carbonyl (C=O) groups is 3. The Bertz CT molecular complexity index is 1530. The van der Waals surface area contributed by atoms with Crippen molar-refractivity contribution in [3.05, 3.63) is 29.7 Å². The Kier molecular flexibility index (Phi) is 8.46. The maximum atomic E-state index is 16.1. The fourth-order valence-electron chi connectivity index (χ4n) is 8.01. The lowest BCUT2D eigenvalue weighted by atomic mass is 9.85. The first-order valence-corrected chi connectivity index (χ1v) is 16.5. The summed E-state index contributed by atoms with van der Waals surface area (Å²) in [6, 6.07) is 1.61. The monoisotopic (exact) mass is 644 g/mol. The maximum absolute atomic E-state index is 16.1. The molecule has 12 heteroatoms. The van der Waals surface area contributed by atoms with Crippen LogP contribution in [0.15, 0.2) is 18.2 Å². The van der Waals surface area contributed by atoms with Gasteiger partial charge in [-0.2, -0.15) is 8.78 Å². The van der Waals surface area contributed by atoms with Gasteiger partial charge in [-0.3, -0.25) is 9.59 Å². The quantitative estimate of drug-likeness (QED) is 0.416. The Morgan fingerprint density at radius 1 is 1.07 bits per heavy atom. The van der Waals surface area contributed by atoms with Gasteiger partial charge in [0.05, 0.1) is 23.6 Å². The van der Waals surface area contributed by atoms with Gasteiger partial charge in [-0.25, -0.2) is 19.2 Å². The van der Waals surface area contributed by atoms with Crippen molar-refractivity contribution in [2.75, 3.05) is 6.54 Å². The number of halogens is 3. The molecule has 9 nitrogen and oxygen atoms in total. The van der Waals surface area contributed by atoms with E-state index in [0.29, 0.717) is 31.1 Å². The zero-order valence-corrected chi connectivity index (χ0v) is 27.0. The smallest absolute Gasteiger partial charge is 0.408 e. The molecule has 0 radical (unpaired) electrons. The van der Waals surface area contributed by atoms with Crippen LogP contribution in [0, 0.1) is 34.9 Å². The highest BCUT2D eigenvalue weighted by molar-refractivity contribution is 5.92. The number of carbonyl (C=O) groups excluding carboxylic acids is 3. The second-order valence-corrected chi connectivity index (χ2v) is 14.7. The highest BCUT2D eigenvalue weighted by atomic mass is 19.3. The fourth-order valence-corrected chi connectivity index (χ4v) is 8.01. The van der Waals surface area contributed by atoms with E-state index in [1.807, 2.05) is 27.7 Å². The number of nitrogens with zero attached hydrogens (tertiary/aromatic N) is 3. The van der Waals surface area contributed by atoms with Crippen molar-refractivity contribution >= 4 is 28.8 Å². The van der Waals surface area contributed by atoms with Gasteiger partial charge in [-0.15, -0.1) is 0 Å². The van der Waals surface area contributed by atoms with Crippen molar-refractivity contribution in [2.45, 2.75) is 110 Å². The number of alkyl halides is 2. The van der Waals surface area contributed by atoms with Gasteiger partial charge in [0.2, 0.25) is 11.8 Å². The summed E-state index contributed by atoms with van der Waals surface area (Å²) in [6.07, 6.45) is 1.05. The molecule has 6 rings (SSSR count). The van der Waals surface area contributed by atoms with Crippen LogP contribution in [0.4, 0.5) is 18.0 Å². The van der Waals surface area contributed by atoms with Crippen LogP contribution >= 0.6 is 0 Å². The van der Waals surface area contributed by atoms with E-state index >= 15 is 8.78 Å². The summed E-state index contributed by atoms with van der Waals surface area (Å²) in [7, 11) is 0. The van der Waals surface area contributed by atoms with E-state index in [-0.39, 0.29) is 41.8 Å². The van der Waals surface area contributed by atoms with Crippen LogP contribution in [0.25, 0.3) is 11.0 Å². The standard InChI is InChI=1S/C34H43F3N4O5/c1-6-20-26-16-41(27(20)17(2)42)31(43)29(33(3,4)5)40-32(44)46-25-14-18-13-22(18)21(25)9-7-8-12-34(36,37)28-30(45-26)39-24-15-19(35)10-11-23(24)38-28/h10-11,15,18,20-22,25-27,29H,6-9,12-14,16H2,1-5H3,(H,40,44)/t18?,20-,21-,22?,25-,26+,27-,29-/m1/s1. The van der Waals surface area contributed by atoms with Gasteiger partial charge in [0.15, 0.2) is 11.5 Å². The molecular formula is C34H43F3N4O5. The molecule has 0 spiro atoms. The van der Waals surface area contributed by atoms with Gasteiger partial charge in [-0.1, -0.05) is 34.1 Å². The van der Waals surface area contributed by atoms with Crippen LogP contribution in [0.2, 0.25) is 0 Å². The minimum Gasteiger partial charge on any atom is -0.471 e. The van der Waals surface area contributed by atoms with Gasteiger partial charge in [0, 0.05) is 18.4 Å². The second-order valence-electron chi connectivity index (χ2n) is 14.7. The van der Waals surface area contributed by atoms with Crippen LogP contribution < -0.4 is 10.1 Å². The summed E-state index contributed by atoms with van der Waals surface area (Å²) in [5.74, 6) is -4.87. The van der Waals surface area contributed by atoms with Crippen molar-refractivity contribution in [2.24, 2.45) is 29.1 Å². The molecule has 1 aromatic heterocycles.